The molecule has 6 nitrogen and oxygen atoms in total. The Morgan fingerprint density at radius 1 is 1.08 bits per heavy atom. The number of nitrogens with one attached hydrogen (secondary N) is 2. The highest BCUT2D eigenvalue weighted by molar-refractivity contribution is 5.86. The summed E-state index contributed by atoms with van der Waals surface area (Å²) >= 11 is 0. The lowest BCUT2D eigenvalue weighted by Gasteiger charge is -2.16. The smallest absolute Gasteiger partial charge is 0.328 e. The molecule has 0 saturated carbocycles. The van der Waals surface area contributed by atoms with Gasteiger partial charge in [-0.15, -0.1) is 0 Å². The molecule has 0 amide bonds. The van der Waals surface area contributed by atoms with E-state index in [-0.39, 0.29) is 11.7 Å². The van der Waals surface area contributed by atoms with Crippen LogP contribution in [0.4, 0.5) is 11.5 Å². The molecule has 2 aromatic heterocycles. The van der Waals surface area contributed by atoms with Gasteiger partial charge in [-0.05, 0) is 51.7 Å². The van der Waals surface area contributed by atoms with Crippen LogP contribution >= 0.6 is 0 Å². The molecule has 0 radical (unpaired) electrons. The Morgan fingerprint density at radius 2 is 1.69 bits per heavy atom. The first-order chi connectivity index (χ1) is 12.3. The van der Waals surface area contributed by atoms with Crippen molar-refractivity contribution in [2.75, 3.05) is 5.32 Å². The lowest BCUT2D eigenvalue weighted by atomic mass is 10.1. The number of hydrogen-bond donors (Lipinski definition) is 2. The van der Waals surface area contributed by atoms with Crippen molar-refractivity contribution in [2.45, 2.75) is 60.4 Å². The summed E-state index contributed by atoms with van der Waals surface area (Å²) < 4.78 is 1.77. The minimum absolute atomic E-state index is 0.126. The van der Waals surface area contributed by atoms with Crippen LogP contribution in [-0.2, 0) is 0 Å². The van der Waals surface area contributed by atoms with E-state index in [0.29, 0.717) is 22.8 Å². The van der Waals surface area contributed by atoms with Crippen molar-refractivity contribution in [3.8, 4) is 0 Å². The van der Waals surface area contributed by atoms with Crippen LogP contribution in [-0.4, -0.2) is 19.5 Å². The number of rotatable bonds is 5. The molecule has 0 fully saturated rings. The van der Waals surface area contributed by atoms with E-state index in [1.54, 1.807) is 4.57 Å². The molecule has 0 aliphatic carbocycles. The molecule has 138 valence electrons. The van der Waals surface area contributed by atoms with Crippen LogP contribution in [0.25, 0.3) is 11.2 Å². The average molecular weight is 353 g/mol. The van der Waals surface area contributed by atoms with E-state index < -0.39 is 0 Å². The second-order valence-corrected chi connectivity index (χ2v) is 6.99. The molecule has 0 saturated heterocycles. The Hall–Kier alpha value is -2.63. The summed E-state index contributed by atoms with van der Waals surface area (Å²) in [5, 5.41) is 3.43. The summed E-state index contributed by atoms with van der Waals surface area (Å²) in [5.41, 5.74) is 5.73. The van der Waals surface area contributed by atoms with Gasteiger partial charge in [-0.3, -0.25) is 4.57 Å². The molecule has 0 unspecified atom stereocenters. The Bertz CT molecular complexity index is 988. The Labute approximate surface area is 153 Å². The Morgan fingerprint density at radius 3 is 2.27 bits per heavy atom. The molecule has 6 heteroatoms. The standard InChI is InChI=1S/C20H27N5O/c1-7-15(8-2)25-19-17(24-20(25)26)18(21-14(6)22-19)23-16-12(4)9-11(3)10-13(16)5/h9-10,15H,7-8H2,1-6H3,(H,24,26)(H,21,22,23). The number of aromatic nitrogens is 4. The lowest BCUT2D eigenvalue weighted by Crippen LogP contribution is -2.21. The monoisotopic (exact) mass is 353 g/mol. The maximum Gasteiger partial charge on any atom is 0.328 e. The maximum absolute atomic E-state index is 12.6. The third-order valence-corrected chi connectivity index (χ3v) is 4.91. The lowest BCUT2D eigenvalue weighted by molar-refractivity contribution is 0.468. The van der Waals surface area contributed by atoms with Crippen molar-refractivity contribution in [3.63, 3.8) is 0 Å². The topological polar surface area (TPSA) is 75.6 Å². The minimum Gasteiger partial charge on any atom is -0.338 e. The van der Waals surface area contributed by atoms with E-state index in [1.165, 1.54) is 5.56 Å². The van der Waals surface area contributed by atoms with Crippen molar-refractivity contribution in [1.29, 1.82) is 0 Å². The quantitative estimate of drug-likeness (QED) is 0.710. The highest BCUT2D eigenvalue weighted by atomic mass is 16.1. The van der Waals surface area contributed by atoms with Crippen LogP contribution in [0.5, 0.6) is 0 Å². The number of anilines is 2. The van der Waals surface area contributed by atoms with E-state index in [0.717, 1.165) is 29.7 Å². The number of fused-ring (bicyclic) bond motifs is 1. The molecule has 0 bridgehead atoms. The molecule has 0 aliphatic rings. The van der Waals surface area contributed by atoms with Crippen LogP contribution < -0.4 is 11.0 Å². The molecule has 2 N–H and O–H groups in total. The summed E-state index contributed by atoms with van der Waals surface area (Å²) in [4.78, 5) is 24.7. The SMILES string of the molecule is CCC(CC)n1c(=O)[nH]c2c(Nc3c(C)cc(C)cc3C)nc(C)nc21. The zero-order valence-electron chi connectivity index (χ0n) is 16.4. The van der Waals surface area contributed by atoms with E-state index in [2.05, 4.69) is 67.0 Å². The maximum atomic E-state index is 12.6. The second kappa shape index (κ2) is 6.94. The third kappa shape index (κ3) is 3.11. The molecule has 3 rings (SSSR count). The molecule has 3 aromatic rings. The minimum atomic E-state index is -0.131. The zero-order chi connectivity index (χ0) is 19.0. The van der Waals surface area contributed by atoms with Crippen LogP contribution in [0.1, 0.15) is 55.2 Å². The van der Waals surface area contributed by atoms with Gasteiger partial charge in [0.25, 0.3) is 0 Å². The predicted molar refractivity (Wildman–Crippen MR) is 106 cm³/mol. The fourth-order valence-corrected chi connectivity index (χ4v) is 3.69. The van der Waals surface area contributed by atoms with Crippen molar-refractivity contribution in [2.24, 2.45) is 0 Å². The Balaban J connectivity index is 2.19. The van der Waals surface area contributed by atoms with E-state index in [4.69, 9.17) is 0 Å². The van der Waals surface area contributed by atoms with Gasteiger partial charge in [0, 0.05) is 11.7 Å². The molecule has 0 aliphatic heterocycles. The van der Waals surface area contributed by atoms with Crippen LogP contribution in [0.2, 0.25) is 0 Å². The van der Waals surface area contributed by atoms with Crippen molar-refractivity contribution in [3.05, 3.63) is 45.1 Å². The van der Waals surface area contributed by atoms with Gasteiger partial charge in [-0.1, -0.05) is 31.5 Å². The molecular weight excluding hydrogens is 326 g/mol. The van der Waals surface area contributed by atoms with Crippen molar-refractivity contribution < 1.29 is 0 Å². The predicted octanol–water partition coefficient (Wildman–Crippen LogP) is 4.46. The van der Waals surface area contributed by atoms with Gasteiger partial charge in [0.2, 0.25) is 0 Å². The van der Waals surface area contributed by atoms with Crippen molar-refractivity contribution in [1.82, 2.24) is 19.5 Å². The second-order valence-electron chi connectivity index (χ2n) is 6.99. The number of aryl methyl sites for hydroxylation is 4. The largest absolute Gasteiger partial charge is 0.338 e. The fraction of sp³-hybridized carbons (Fsp3) is 0.450. The zero-order valence-corrected chi connectivity index (χ0v) is 16.4. The van der Waals surface area contributed by atoms with Gasteiger partial charge >= 0.3 is 5.69 Å². The molecule has 0 atom stereocenters. The number of nitrogens with zero attached hydrogens (tertiary/aromatic N) is 3. The number of aromatic amines is 1. The summed E-state index contributed by atoms with van der Waals surface area (Å²) in [6.45, 7) is 12.3. The van der Waals surface area contributed by atoms with Gasteiger partial charge in [0.05, 0.1) is 0 Å². The summed E-state index contributed by atoms with van der Waals surface area (Å²) in [5.74, 6) is 1.28. The van der Waals surface area contributed by atoms with Gasteiger partial charge in [0.1, 0.15) is 11.3 Å². The molecular formula is C20H27N5O. The number of H-pyrrole nitrogens is 1. The van der Waals surface area contributed by atoms with E-state index >= 15 is 0 Å². The fourth-order valence-electron chi connectivity index (χ4n) is 3.69. The first kappa shape index (κ1) is 18.2. The molecule has 26 heavy (non-hydrogen) atoms. The average Bonchev–Trinajstić information content (AvgIpc) is 2.89. The van der Waals surface area contributed by atoms with Crippen LogP contribution in [0.3, 0.4) is 0 Å². The summed E-state index contributed by atoms with van der Waals surface area (Å²) in [7, 11) is 0. The highest BCUT2D eigenvalue weighted by Crippen LogP contribution is 2.29. The number of benzene rings is 1. The molecule has 2 heterocycles. The van der Waals surface area contributed by atoms with Crippen LogP contribution in [0.15, 0.2) is 16.9 Å². The van der Waals surface area contributed by atoms with Crippen LogP contribution in [0, 0.1) is 27.7 Å². The van der Waals surface area contributed by atoms with E-state index in [9.17, 15) is 4.79 Å². The summed E-state index contributed by atoms with van der Waals surface area (Å²) in [6, 6.07) is 4.40. The number of imidazole rings is 1. The van der Waals surface area contributed by atoms with Gasteiger partial charge in [0.15, 0.2) is 11.5 Å². The third-order valence-electron chi connectivity index (χ3n) is 4.91. The first-order valence-electron chi connectivity index (χ1n) is 9.19. The molecule has 0 spiro atoms. The summed E-state index contributed by atoms with van der Waals surface area (Å²) in [6.07, 6.45) is 1.76. The normalized spacial score (nSPS) is 11.5. The number of hydrogen-bond acceptors (Lipinski definition) is 4. The van der Waals surface area contributed by atoms with Crippen molar-refractivity contribution >= 4 is 22.7 Å². The Kier molecular flexibility index (Phi) is 4.85. The molecule has 1 aromatic carbocycles. The highest BCUT2D eigenvalue weighted by Gasteiger charge is 2.19. The van der Waals surface area contributed by atoms with Gasteiger partial charge in [-0.2, -0.15) is 0 Å². The first-order valence-corrected chi connectivity index (χ1v) is 9.19. The van der Waals surface area contributed by atoms with E-state index in [1.807, 2.05) is 6.92 Å². The van der Waals surface area contributed by atoms with Gasteiger partial charge < -0.3 is 10.3 Å². The van der Waals surface area contributed by atoms with Gasteiger partial charge in [-0.25, -0.2) is 14.8 Å².